The van der Waals surface area contributed by atoms with Crippen molar-refractivity contribution in [2.24, 2.45) is 5.73 Å². The van der Waals surface area contributed by atoms with E-state index < -0.39 is 15.8 Å². The first-order valence-corrected chi connectivity index (χ1v) is 8.64. The zero-order valence-electron chi connectivity index (χ0n) is 12.2. The second-order valence-electron chi connectivity index (χ2n) is 5.41. The Morgan fingerprint density at radius 3 is 2.62 bits per heavy atom. The first-order valence-electron chi connectivity index (χ1n) is 7.16. The average molecular weight is 315 g/mol. The fourth-order valence-electron chi connectivity index (χ4n) is 2.51. The van der Waals surface area contributed by atoms with E-state index in [1.165, 1.54) is 18.2 Å². The van der Waals surface area contributed by atoms with Gasteiger partial charge in [0.15, 0.2) is 0 Å². The van der Waals surface area contributed by atoms with Gasteiger partial charge >= 0.3 is 0 Å². The number of nitrogens with zero attached hydrogens (tertiary/aromatic N) is 1. The van der Waals surface area contributed by atoms with Crippen LogP contribution in [0.1, 0.15) is 25.3 Å². The molecule has 3 N–H and O–H groups in total. The molecule has 0 radical (unpaired) electrons. The third kappa shape index (κ3) is 4.00. The van der Waals surface area contributed by atoms with Gasteiger partial charge in [0.1, 0.15) is 10.7 Å². The minimum Gasteiger partial charge on any atom is -0.326 e. The zero-order chi connectivity index (χ0) is 15.5. The Morgan fingerprint density at radius 2 is 2.05 bits per heavy atom. The van der Waals surface area contributed by atoms with Gasteiger partial charge in [0, 0.05) is 19.1 Å². The molecule has 1 unspecified atom stereocenters. The molecule has 7 heteroatoms. The Labute approximate surface area is 125 Å². The summed E-state index contributed by atoms with van der Waals surface area (Å²) in [5, 5.41) is 0. The lowest BCUT2D eigenvalue weighted by molar-refractivity contribution is 0.260. The van der Waals surface area contributed by atoms with Crippen molar-refractivity contribution in [1.82, 2.24) is 9.62 Å². The third-order valence-electron chi connectivity index (χ3n) is 3.85. The number of hydrogen-bond donors (Lipinski definition) is 2. The number of nitrogens with one attached hydrogen (secondary N) is 1. The van der Waals surface area contributed by atoms with Crippen LogP contribution in [0, 0.1) is 5.82 Å². The SMILES string of the molecule is CC(CNS(=O)(=O)c1ccc(CN)cc1F)N1CCCC1. The Balaban J connectivity index is 2.04. The molecule has 21 heavy (non-hydrogen) atoms. The maximum absolute atomic E-state index is 13.9. The number of benzene rings is 1. The molecule has 1 aromatic rings. The number of rotatable bonds is 6. The molecule has 5 nitrogen and oxygen atoms in total. The summed E-state index contributed by atoms with van der Waals surface area (Å²) in [6, 6.07) is 4.06. The van der Waals surface area contributed by atoms with Crippen molar-refractivity contribution < 1.29 is 12.8 Å². The van der Waals surface area contributed by atoms with Gasteiger partial charge in [-0.25, -0.2) is 17.5 Å². The van der Waals surface area contributed by atoms with Crippen molar-refractivity contribution in [3.8, 4) is 0 Å². The molecule has 0 saturated carbocycles. The van der Waals surface area contributed by atoms with Crippen LogP contribution < -0.4 is 10.5 Å². The highest BCUT2D eigenvalue weighted by atomic mass is 32.2. The molecule has 2 rings (SSSR count). The molecule has 1 atom stereocenters. The molecule has 1 aromatic carbocycles. The highest BCUT2D eigenvalue weighted by molar-refractivity contribution is 7.89. The number of sulfonamides is 1. The summed E-state index contributed by atoms with van der Waals surface area (Å²) < 4.78 is 40.7. The van der Waals surface area contributed by atoms with Crippen LogP contribution in [-0.4, -0.2) is 39.0 Å². The molecule has 118 valence electrons. The van der Waals surface area contributed by atoms with Gasteiger partial charge in [0.25, 0.3) is 0 Å². The average Bonchev–Trinajstić information content (AvgIpc) is 2.98. The van der Waals surface area contributed by atoms with Crippen molar-refractivity contribution in [2.45, 2.75) is 37.2 Å². The van der Waals surface area contributed by atoms with E-state index in [4.69, 9.17) is 5.73 Å². The maximum atomic E-state index is 13.9. The third-order valence-corrected chi connectivity index (χ3v) is 5.31. The van der Waals surface area contributed by atoms with Crippen LogP contribution in [0.2, 0.25) is 0 Å². The maximum Gasteiger partial charge on any atom is 0.243 e. The molecule has 1 fully saturated rings. The van der Waals surface area contributed by atoms with Crippen molar-refractivity contribution in [3.63, 3.8) is 0 Å². The fourth-order valence-corrected chi connectivity index (χ4v) is 3.69. The molecule has 1 aliphatic rings. The number of nitrogens with two attached hydrogens (primary N) is 1. The Kier molecular flexibility index (Phi) is 5.32. The summed E-state index contributed by atoms with van der Waals surface area (Å²) >= 11 is 0. The molecule has 0 bridgehead atoms. The van der Waals surface area contributed by atoms with E-state index in [0.717, 1.165) is 25.9 Å². The van der Waals surface area contributed by atoms with Crippen LogP contribution in [-0.2, 0) is 16.6 Å². The smallest absolute Gasteiger partial charge is 0.243 e. The predicted octanol–water partition coefficient (Wildman–Crippen LogP) is 1.05. The van der Waals surface area contributed by atoms with Crippen molar-refractivity contribution in [3.05, 3.63) is 29.6 Å². The van der Waals surface area contributed by atoms with Crippen molar-refractivity contribution >= 4 is 10.0 Å². The lowest BCUT2D eigenvalue weighted by Gasteiger charge is -2.23. The summed E-state index contributed by atoms with van der Waals surface area (Å²) in [5.41, 5.74) is 5.98. The fraction of sp³-hybridized carbons (Fsp3) is 0.571. The van der Waals surface area contributed by atoms with Gasteiger partial charge in [-0.05, 0) is 50.6 Å². The van der Waals surface area contributed by atoms with Crippen molar-refractivity contribution in [1.29, 1.82) is 0 Å². The van der Waals surface area contributed by atoms with Crippen LogP contribution in [0.4, 0.5) is 4.39 Å². The molecular formula is C14H22FN3O2S. The lowest BCUT2D eigenvalue weighted by Crippen LogP contribution is -2.40. The quantitative estimate of drug-likeness (QED) is 0.823. The Bertz CT molecular complexity index is 586. The molecule has 1 heterocycles. The van der Waals surface area contributed by atoms with Gasteiger partial charge in [0.2, 0.25) is 10.0 Å². The highest BCUT2D eigenvalue weighted by Crippen LogP contribution is 2.16. The number of likely N-dealkylation sites (tertiary alicyclic amines) is 1. The van der Waals surface area contributed by atoms with E-state index in [2.05, 4.69) is 9.62 Å². The summed E-state index contributed by atoms with van der Waals surface area (Å²) in [6.45, 7) is 4.41. The standard InChI is InChI=1S/C14H22FN3O2S/c1-11(18-6-2-3-7-18)10-17-21(19,20)14-5-4-12(9-16)8-13(14)15/h4-5,8,11,17H,2-3,6-7,9-10,16H2,1H3. The minimum absolute atomic E-state index is 0.105. The van der Waals surface area contributed by atoms with Gasteiger partial charge in [-0.1, -0.05) is 6.07 Å². The minimum atomic E-state index is -3.83. The first-order chi connectivity index (χ1) is 9.94. The van der Waals surface area contributed by atoms with Gasteiger partial charge in [0.05, 0.1) is 0 Å². The van der Waals surface area contributed by atoms with E-state index >= 15 is 0 Å². The highest BCUT2D eigenvalue weighted by Gasteiger charge is 2.23. The second-order valence-corrected chi connectivity index (χ2v) is 7.15. The largest absolute Gasteiger partial charge is 0.326 e. The van der Waals surface area contributed by atoms with Crippen molar-refractivity contribution in [2.75, 3.05) is 19.6 Å². The van der Waals surface area contributed by atoms with Crippen LogP contribution in [0.25, 0.3) is 0 Å². The van der Waals surface area contributed by atoms with E-state index in [1.54, 1.807) is 0 Å². The van der Waals surface area contributed by atoms with Crippen LogP contribution in [0.3, 0.4) is 0 Å². The lowest BCUT2D eigenvalue weighted by atomic mass is 10.2. The molecule has 0 spiro atoms. The zero-order valence-corrected chi connectivity index (χ0v) is 13.0. The summed E-state index contributed by atoms with van der Waals surface area (Å²) in [5.74, 6) is -0.765. The topological polar surface area (TPSA) is 75.4 Å². The van der Waals surface area contributed by atoms with Gasteiger partial charge in [-0.3, -0.25) is 4.90 Å². The normalized spacial score (nSPS) is 18.0. The molecule has 0 aliphatic carbocycles. The van der Waals surface area contributed by atoms with E-state index in [-0.39, 0.29) is 24.0 Å². The van der Waals surface area contributed by atoms with Crippen LogP contribution >= 0.6 is 0 Å². The van der Waals surface area contributed by atoms with Gasteiger partial charge in [-0.15, -0.1) is 0 Å². The number of halogens is 1. The first kappa shape index (κ1) is 16.4. The summed E-state index contributed by atoms with van der Waals surface area (Å²) in [4.78, 5) is 1.91. The van der Waals surface area contributed by atoms with Crippen LogP contribution in [0.5, 0.6) is 0 Å². The summed E-state index contributed by atoms with van der Waals surface area (Å²) in [7, 11) is -3.83. The monoisotopic (exact) mass is 315 g/mol. The Morgan fingerprint density at radius 1 is 1.38 bits per heavy atom. The Hall–Kier alpha value is -1.02. The van der Waals surface area contributed by atoms with E-state index in [1.807, 2.05) is 6.92 Å². The van der Waals surface area contributed by atoms with Gasteiger partial charge in [-0.2, -0.15) is 0 Å². The van der Waals surface area contributed by atoms with E-state index in [0.29, 0.717) is 5.56 Å². The van der Waals surface area contributed by atoms with E-state index in [9.17, 15) is 12.8 Å². The summed E-state index contributed by atoms with van der Waals surface area (Å²) in [6.07, 6.45) is 2.29. The molecule has 1 saturated heterocycles. The second kappa shape index (κ2) is 6.83. The van der Waals surface area contributed by atoms with Crippen LogP contribution in [0.15, 0.2) is 23.1 Å². The molecular weight excluding hydrogens is 293 g/mol. The molecule has 1 aliphatic heterocycles. The molecule has 0 aromatic heterocycles. The number of hydrogen-bond acceptors (Lipinski definition) is 4. The van der Waals surface area contributed by atoms with Gasteiger partial charge < -0.3 is 5.73 Å². The molecule has 0 amide bonds. The predicted molar refractivity (Wildman–Crippen MR) is 79.7 cm³/mol.